The van der Waals surface area contributed by atoms with Crippen molar-refractivity contribution in [1.29, 1.82) is 0 Å². The molecule has 0 aliphatic heterocycles. The monoisotopic (exact) mass is 451 g/mol. The molecule has 0 amide bonds. The third-order valence-corrected chi connectivity index (χ3v) is 6.55. The Hall–Kier alpha value is -3.17. The Balaban J connectivity index is 1.75. The maximum absolute atomic E-state index is 5.26. The molecule has 0 fully saturated rings. The number of hydrogen-bond donors (Lipinski definition) is 0. The zero-order chi connectivity index (χ0) is 23.8. The molecule has 1 aromatic heterocycles. The predicted octanol–water partition coefficient (Wildman–Crippen LogP) is 7.60. The molecule has 1 heterocycles. The predicted molar refractivity (Wildman–Crippen MR) is 144 cm³/mol. The van der Waals surface area contributed by atoms with Crippen molar-refractivity contribution >= 4 is 0 Å². The quantitative estimate of drug-likeness (QED) is 0.234. The van der Waals surface area contributed by atoms with E-state index < -0.39 is 0 Å². The molecule has 34 heavy (non-hydrogen) atoms. The van der Waals surface area contributed by atoms with Gasteiger partial charge >= 0.3 is 0 Å². The number of aryl methyl sites for hydroxylation is 1. The van der Waals surface area contributed by atoms with E-state index in [9.17, 15) is 0 Å². The molecule has 3 heteroatoms. The van der Waals surface area contributed by atoms with Gasteiger partial charge in [-0.15, -0.1) is 0 Å². The molecule has 3 aromatic carbocycles. The molecule has 176 valence electrons. The van der Waals surface area contributed by atoms with Gasteiger partial charge in [-0.25, -0.2) is 4.98 Å². The lowest BCUT2D eigenvalue weighted by molar-refractivity contribution is 0.264. The molecule has 0 saturated carbocycles. The molecule has 0 radical (unpaired) electrons. The molecule has 0 atom stereocenters. The van der Waals surface area contributed by atoms with Crippen LogP contribution in [0.15, 0.2) is 84.9 Å². The van der Waals surface area contributed by atoms with Gasteiger partial charge in [-0.2, -0.15) is 0 Å². The van der Waals surface area contributed by atoms with Gasteiger partial charge in [-0.1, -0.05) is 112 Å². The molecule has 0 bridgehead atoms. The summed E-state index contributed by atoms with van der Waals surface area (Å²) in [7, 11) is 0. The van der Waals surface area contributed by atoms with Crippen molar-refractivity contribution in [2.24, 2.45) is 0 Å². The number of aromatic nitrogens is 2. The van der Waals surface area contributed by atoms with Crippen LogP contribution in [-0.2, 0) is 26.1 Å². The Morgan fingerprint density at radius 2 is 1.32 bits per heavy atom. The first kappa shape index (κ1) is 24.0. The highest BCUT2D eigenvalue weighted by Crippen LogP contribution is 2.31. The van der Waals surface area contributed by atoms with E-state index in [4.69, 9.17) is 4.98 Å². The molecule has 4 rings (SSSR count). The number of hydrogen-bond acceptors (Lipinski definition) is 2. The number of benzene rings is 3. The summed E-state index contributed by atoms with van der Waals surface area (Å²) in [5, 5.41) is 0. The van der Waals surface area contributed by atoms with Crippen LogP contribution in [0.2, 0.25) is 0 Å². The molecule has 0 spiro atoms. The smallest absolute Gasteiger partial charge is 0.140 e. The zero-order valence-corrected chi connectivity index (χ0v) is 20.9. The molecular formula is C31H37N3. The number of rotatable bonds is 11. The van der Waals surface area contributed by atoms with Gasteiger partial charge in [-0.05, 0) is 30.5 Å². The normalized spacial score (nSPS) is 11.3. The fourth-order valence-electron chi connectivity index (χ4n) is 4.47. The summed E-state index contributed by atoms with van der Waals surface area (Å²) >= 11 is 0. The van der Waals surface area contributed by atoms with Crippen LogP contribution >= 0.6 is 0 Å². The second-order valence-corrected chi connectivity index (χ2v) is 8.94. The minimum atomic E-state index is 0.875. The summed E-state index contributed by atoms with van der Waals surface area (Å²) in [4.78, 5) is 7.79. The fourth-order valence-corrected chi connectivity index (χ4v) is 4.47. The highest BCUT2D eigenvalue weighted by molar-refractivity contribution is 5.68. The summed E-state index contributed by atoms with van der Waals surface area (Å²) in [6.07, 6.45) is 3.38. The summed E-state index contributed by atoms with van der Waals surface area (Å²) < 4.78 is 2.48. The highest BCUT2D eigenvalue weighted by atomic mass is 15.2. The second kappa shape index (κ2) is 11.8. The molecule has 0 aliphatic rings. The van der Waals surface area contributed by atoms with Crippen LogP contribution in [0.4, 0.5) is 0 Å². The minimum absolute atomic E-state index is 0.875. The minimum Gasteiger partial charge on any atom is -0.326 e. The number of unbranched alkanes of at least 4 members (excludes halogenated alkanes) is 1. The maximum atomic E-state index is 5.26. The van der Waals surface area contributed by atoms with Crippen LogP contribution in [0.3, 0.4) is 0 Å². The molecule has 4 aromatic rings. The van der Waals surface area contributed by atoms with E-state index in [1.165, 1.54) is 27.9 Å². The third-order valence-electron chi connectivity index (χ3n) is 6.55. The first-order valence-electron chi connectivity index (χ1n) is 12.7. The SMILES string of the molecule is CCCCn1c(-c2ccccc2)nc(-c2ccccc2)c1CN(CC)Cc1ccc(CC)cc1. The summed E-state index contributed by atoms with van der Waals surface area (Å²) in [5.74, 6) is 1.08. The van der Waals surface area contributed by atoms with Crippen molar-refractivity contribution in [2.45, 2.75) is 59.7 Å². The van der Waals surface area contributed by atoms with Crippen LogP contribution in [0.5, 0.6) is 0 Å². The zero-order valence-electron chi connectivity index (χ0n) is 20.9. The molecule has 3 nitrogen and oxygen atoms in total. The lowest BCUT2D eigenvalue weighted by atomic mass is 10.1. The Morgan fingerprint density at radius 1 is 0.706 bits per heavy atom. The third kappa shape index (κ3) is 5.66. The van der Waals surface area contributed by atoms with Crippen molar-refractivity contribution in [2.75, 3.05) is 6.54 Å². The van der Waals surface area contributed by atoms with Crippen molar-refractivity contribution in [3.8, 4) is 22.6 Å². The van der Waals surface area contributed by atoms with E-state index >= 15 is 0 Å². The molecule has 0 N–H and O–H groups in total. The fraction of sp³-hybridized carbons (Fsp3) is 0.323. The van der Waals surface area contributed by atoms with Crippen LogP contribution in [0.1, 0.15) is 50.4 Å². The van der Waals surface area contributed by atoms with Gasteiger partial charge in [0, 0.05) is 30.8 Å². The Bertz CT molecular complexity index is 1140. The molecule has 0 saturated heterocycles. The first-order chi connectivity index (χ1) is 16.7. The van der Waals surface area contributed by atoms with Gasteiger partial charge in [0.1, 0.15) is 5.82 Å². The van der Waals surface area contributed by atoms with Gasteiger partial charge in [0.25, 0.3) is 0 Å². The first-order valence-corrected chi connectivity index (χ1v) is 12.7. The van der Waals surface area contributed by atoms with E-state index in [0.29, 0.717) is 0 Å². The number of nitrogens with zero attached hydrogens (tertiary/aromatic N) is 3. The molecular weight excluding hydrogens is 414 g/mol. The lowest BCUT2D eigenvalue weighted by Crippen LogP contribution is -2.24. The average Bonchev–Trinajstić information content (AvgIpc) is 3.26. The van der Waals surface area contributed by atoms with Crippen LogP contribution < -0.4 is 0 Å². The largest absolute Gasteiger partial charge is 0.326 e. The highest BCUT2D eigenvalue weighted by Gasteiger charge is 2.21. The topological polar surface area (TPSA) is 21.1 Å². The Labute approximate surface area is 205 Å². The molecule has 0 aliphatic carbocycles. The van der Waals surface area contributed by atoms with Gasteiger partial charge in [0.05, 0.1) is 11.4 Å². The van der Waals surface area contributed by atoms with Gasteiger partial charge < -0.3 is 4.57 Å². The van der Waals surface area contributed by atoms with E-state index in [-0.39, 0.29) is 0 Å². The maximum Gasteiger partial charge on any atom is 0.140 e. The van der Waals surface area contributed by atoms with Gasteiger partial charge in [0.15, 0.2) is 0 Å². The van der Waals surface area contributed by atoms with E-state index in [1.807, 2.05) is 0 Å². The Morgan fingerprint density at radius 3 is 1.91 bits per heavy atom. The standard InChI is InChI=1S/C31H37N3/c1-4-7-22-34-29(24-33(6-3)23-26-20-18-25(5-2)19-21-26)30(27-14-10-8-11-15-27)32-31(34)28-16-12-9-13-17-28/h8-21H,4-7,22-24H2,1-3H3. The van der Waals surface area contributed by atoms with E-state index in [2.05, 4.69) is 115 Å². The van der Waals surface area contributed by atoms with Gasteiger partial charge in [-0.3, -0.25) is 4.90 Å². The van der Waals surface area contributed by atoms with E-state index in [0.717, 1.165) is 57.0 Å². The van der Waals surface area contributed by atoms with Crippen molar-refractivity contribution in [1.82, 2.24) is 14.5 Å². The van der Waals surface area contributed by atoms with Crippen molar-refractivity contribution < 1.29 is 0 Å². The lowest BCUT2D eigenvalue weighted by Gasteiger charge is -2.23. The summed E-state index contributed by atoms with van der Waals surface area (Å²) in [6, 6.07) is 30.4. The summed E-state index contributed by atoms with van der Waals surface area (Å²) in [6.45, 7) is 10.5. The van der Waals surface area contributed by atoms with Crippen LogP contribution in [0.25, 0.3) is 22.6 Å². The van der Waals surface area contributed by atoms with Crippen LogP contribution in [-0.4, -0.2) is 21.0 Å². The van der Waals surface area contributed by atoms with Crippen LogP contribution in [0, 0.1) is 0 Å². The number of imidazole rings is 1. The average molecular weight is 452 g/mol. The second-order valence-electron chi connectivity index (χ2n) is 8.94. The van der Waals surface area contributed by atoms with Crippen molar-refractivity contribution in [3.63, 3.8) is 0 Å². The molecule has 0 unspecified atom stereocenters. The van der Waals surface area contributed by atoms with Gasteiger partial charge in [0.2, 0.25) is 0 Å². The summed E-state index contributed by atoms with van der Waals surface area (Å²) in [5.41, 5.74) is 7.54. The van der Waals surface area contributed by atoms with E-state index in [1.54, 1.807) is 0 Å². The van der Waals surface area contributed by atoms with Crippen molar-refractivity contribution in [3.05, 3.63) is 102 Å². The Kier molecular flexibility index (Phi) is 8.32.